The molecule has 1 aliphatic rings. The second-order valence-electron chi connectivity index (χ2n) is 6.50. The lowest BCUT2D eigenvalue weighted by molar-refractivity contribution is -0.0390. The van der Waals surface area contributed by atoms with E-state index in [1.807, 2.05) is 7.05 Å². The molecule has 2 rings (SSSR count). The third kappa shape index (κ3) is 9.19. The number of nitrogens with zero attached hydrogens (tertiary/aromatic N) is 1. The van der Waals surface area contributed by atoms with Gasteiger partial charge in [-0.05, 0) is 30.4 Å². The maximum Gasteiger partial charge on any atom is 0.191 e. The fourth-order valence-electron chi connectivity index (χ4n) is 2.87. The van der Waals surface area contributed by atoms with Crippen molar-refractivity contribution in [3.63, 3.8) is 0 Å². The third-order valence-electron chi connectivity index (χ3n) is 4.40. The number of guanidine groups is 1. The van der Waals surface area contributed by atoms with E-state index < -0.39 is 0 Å². The second-order valence-corrected chi connectivity index (χ2v) is 6.50. The first-order valence-corrected chi connectivity index (χ1v) is 9.53. The van der Waals surface area contributed by atoms with Crippen LogP contribution in [0.2, 0.25) is 0 Å². The molecule has 0 radical (unpaired) electrons. The Bertz CT molecular complexity index is 520. The molecular formula is C20H34IN3O2. The highest BCUT2D eigenvalue weighted by Crippen LogP contribution is 2.14. The Kier molecular flexibility index (Phi) is 12.7. The SMILES string of the molecule is CCCCCNC(=NC)NCc1cccc(COC2CCOCC2)c1.I. The molecule has 1 aromatic rings. The smallest absolute Gasteiger partial charge is 0.191 e. The summed E-state index contributed by atoms with van der Waals surface area (Å²) in [6.45, 7) is 6.25. The van der Waals surface area contributed by atoms with E-state index in [4.69, 9.17) is 9.47 Å². The van der Waals surface area contributed by atoms with Gasteiger partial charge in [-0.25, -0.2) is 0 Å². The van der Waals surface area contributed by atoms with Crippen LogP contribution in [-0.4, -0.2) is 38.9 Å². The summed E-state index contributed by atoms with van der Waals surface area (Å²) in [4.78, 5) is 4.28. The minimum absolute atomic E-state index is 0. The van der Waals surface area contributed by atoms with Crippen molar-refractivity contribution < 1.29 is 9.47 Å². The molecule has 6 heteroatoms. The molecule has 0 aliphatic carbocycles. The number of hydrogen-bond acceptors (Lipinski definition) is 3. The number of ether oxygens (including phenoxy) is 2. The van der Waals surface area contributed by atoms with Gasteiger partial charge in [0.25, 0.3) is 0 Å². The molecule has 0 atom stereocenters. The van der Waals surface area contributed by atoms with Gasteiger partial charge < -0.3 is 20.1 Å². The maximum atomic E-state index is 6.01. The molecule has 1 heterocycles. The molecule has 2 N–H and O–H groups in total. The first-order chi connectivity index (χ1) is 12.3. The van der Waals surface area contributed by atoms with Crippen LogP contribution in [0.1, 0.15) is 50.2 Å². The van der Waals surface area contributed by atoms with Crippen molar-refractivity contribution in [2.24, 2.45) is 4.99 Å². The predicted octanol–water partition coefficient (Wildman–Crippen LogP) is 3.86. The number of hydrogen-bond donors (Lipinski definition) is 2. The van der Waals surface area contributed by atoms with Crippen molar-refractivity contribution in [1.29, 1.82) is 0 Å². The largest absolute Gasteiger partial charge is 0.381 e. The van der Waals surface area contributed by atoms with E-state index in [0.717, 1.165) is 45.1 Å². The molecule has 1 fully saturated rings. The summed E-state index contributed by atoms with van der Waals surface area (Å²) in [6.07, 6.45) is 6.00. The minimum atomic E-state index is 0. The summed E-state index contributed by atoms with van der Waals surface area (Å²) in [5.41, 5.74) is 2.46. The zero-order valence-corrected chi connectivity index (χ0v) is 18.5. The van der Waals surface area contributed by atoms with Crippen LogP contribution >= 0.6 is 24.0 Å². The maximum absolute atomic E-state index is 6.01. The van der Waals surface area contributed by atoms with E-state index in [2.05, 4.69) is 46.8 Å². The van der Waals surface area contributed by atoms with Crippen molar-refractivity contribution in [2.75, 3.05) is 26.8 Å². The van der Waals surface area contributed by atoms with Crippen LogP contribution in [-0.2, 0) is 22.6 Å². The molecule has 5 nitrogen and oxygen atoms in total. The highest BCUT2D eigenvalue weighted by atomic mass is 127. The molecule has 0 amide bonds. The number of halogens is 1. The summed E-state index contributed by atoms with van der Waals surface area (Å²) in [7, 11) is 1.81. The zero-order chi connectivity index (χ0) is 17.7. The lowest BCUT2D eigenvalue weighted by Crippen LogP contribution is -2.37. The Morgan fingerprint density at radius 3 is 2.69 bits per heavy atom. The van der Waals surface area contributed by atoms with E-state index in [9.17, 15) is 0 Å². The normalized spacial score (nSPS) is 15.4. The van der Waals surface area contributed by atoms with Crippen LogP contribution < -0.4 is 10.6 Å². The van der Waals surface area contributed by atoms with Crippen LogP contribution in [0.15, 0.2) is 29.3 Å². The fraction of sp³-hybridized carbons (Fsp3) is 0.650. The Balaban J connectivity index is 0.00000338. The molecule has 0 aromatic heterocycles. The summed E-state index contributed by atoms with van der Waals surface area (Å²) in [6, 6.07) is 8.56. The molecule has 1 saturated heterocycles. The van der Waals surface area contributed by atoms with Crippen LogP contribution in [0, 0.1) is 0 Å². The van der Waals surface area contributed by atoms with Gasteiger partial charge in [-0.2, -0.15) is 0 Å². The average Bonchev–Trinajstić information content (AvgIpc) is 2.67. The molecule has 1 aliphatic heterocycles. The van der Waals surface area contributed by atoms with Gasteiger partial charge in [0, 0.05) is 33.4 Å². The van der Waals surface area contributed by atoms with E-state index in [1.165, 1.54) is 30.4 Å². The minimum Gasteiger partial charge on any atom is -0.381 e. The van der Waals surface area contributed by atoms with E-state index in [0.29, 0.717) is 12.7 Å². The van der Waals surface area contributed by atoms with Crippen LogP contribution in [0.3, 0.4) is 0 Å². The Labute approximate surface area is 175 Å². The van der Waals surface area contributed by atoms with E-state index >= 15 is 0 Å². The molecule has 0 saturated carbocycles. The van der Waals surface area contributed by atoms with Crippen molar-refractivity contribution in [1.82, 2.24) is 10.6 Å². The van der Waals surface area contributed by atoms with Crippen molar-refractivity contribution >= 4 is 29.9 Å². The second kappa shape index (κ2) is 14.2. The zero-order valence-electron chi connectivity index (χ0n) is 16.1. The van der Waals surface area contributed by atoms with Crippen molar-refractivity contribution in [3.8, 4) is 0 Å². The summed E-state index contributed by atoms with van der Waals surface area (Å²) in [5, 5.41) is 6.74. The average molecular weight is 475 g/mol. The molecule has 1 aromatic carbocycles. The number of aliphatic imine (C=N–C) groups is 1. The van der Waals surface area contributed by atoms with E-state index in [-0.39, 0.29) is 24.0 Å². The Morgan fingerprint density at radius 1 is 1.19 bits per heavy atom. The topological polar surface area (TPSA) is 54.9 Å². The van der Waals surface area contributed by atoms with Gasteiger partial charge in [0.05, 0.1) is 12.7 Å². The van der Waals surface area contributed by atoms with Gasteiger partial charge in [-0.3, -0.25) is 4.99 Å². The van der Waals surface area contributed by atoms with Crippen molar-refractivity contribution in [3.05, 3.63) is 35.4 Å². The fourth-order valence-corrected chi connectivity index (χ4v) is 2.87. The van der Waals surface area contributed by atoms with Crippen LogP contribution in [0.4, 0.5) is 0 Å². The Hall–Kier alpha value is -0.860. The van der Waals surface area contributed by atoms with Gasteiger partial charge in [-0.1, -0.05) is 44.0 Å². The van der Waals surface area contributed by atoms with E-state index in [1.54, 1.807) is 0 Å². The molecule has 148 valence electrons. The highest BCUT2D eigenvalue weighted by Gasteiger charge is 2.14. The highest BCUT2D eigenvalue weighted by molar-refractivity contribution is 14.0. The number of rotatable bonds is 9. The molecule has 0 bridgehead atoms. The first-order valence-electron chi connectivity index (χ1n) is 9.53. The molecule has 0 unspecified atom stereocenters. The van der Waals surface area contributed by atoms with Gasteiger partial charge in [0.2, 0.25) is 0 Å². The van der Waals surface area contributed by atoms with Gasteiger partial charge >= 0.3 is 0 Å². The monoisotopic (exact) mass is 475 g/mol. The predicted molar refractivity (Wildman–Crippen MR) is 118 cm³/mol. The standard InChI is InChI=1S/C20H33N3O2.HI/c1-3-4-5-11-22-20(21-2)23-15-17-7-6-8-18(14-17)16-25-19-9-12-24-13-10-19;/h6-8,14,19H,3-5,9-13,15-16H2,1-2H3,(H2,21,22,23);1H. The van der Waals surface area contributed by atoms with Gasteiger partial charge in [0.15, 0.2) is 5.96 Å². The van der Waals surface area contributed by atoms with Crippen molar-refractivity contribution in [2.45, 2.75) is 58.3 Å². The first kappa shape index (κ1) is 23.2. The van der Waals surface area contributed by atoms with Crippen LogP contribution in [0.25, 0.3) is 0 Å². The number of benzene rings is 1. The summed E-state index contributed by atoms with van der Waals surface area (Å²) < 4.78 is 11.4. The lowest BCUT2D eigenvalue weighted by Gasteiger charge is -2.22. The molecule has 26 heavy (non-hydrogen) atoms. The third-order valence-corrected chi connectivity index (χ3v) is 4.40. The summed E-state index contributed by atoms with van der Waals surface area (Å²) >= 11 is 0. The molecule has 0 spiro atoms. The number of nitrogens with one attached hydrogen (secondary N) is 2. The lowest BCUT2D eigenvalue weighted by atomic mass is 10.1. The Morgan fingerprint density at radius 2 is 1.96 bits per heavy atom. The van der Waals surface area contributed by atoms with Gasteiger partial charge in [-0.15, -0.1) is 24.0 Å². The number of unbranched alkanes of at least 4 members (excludes halogenated alkanes) is 2. The van der Waals surface area contributed by atoms with Gasteiger partial charge in [0.1, 0.15) is 0 Å². The summed E-state index contributed by atoms with van der Waals surface area (Å²) in [5.74, 6) is 0.861. The van der Waals surface area contributed by atoms with Crippen LogP contribution in [0.5, 0.6) is 0 Å². The molecular weight excluding hydrogens is 441 g/mol. The quantitative estimate of drug-likeness (QED) is 0.247.